The topological polar surface area (TPSA) is 47.1 Å². The molecule has 1 rings (SSSR count). The van der Waals surface area contributed by atoms with Crippen LogP contribution in [0.25, 0.3) is 0 Å². The molecule has 0 aliphatic carbocycles. The highest BCUT2D eigenvalue weighted by molar-refractivity contribution is 6.35. The molecule has 0 amide bonds. The fourth-order valence-electron chi connectivity index (χ4n) is 1.18. The Hall–Kier alpha value is -0.900. The summed E-state index contributed by atoms with van der Waals surface area (Å²) in [4.78, 5) is 1.91. The second-order valence-corrected chi connectivity index (χ2v) is 3.83. The van der Waals surface area contributed by atoms with Gasteiger partial charge in [-0.15, -0.1) is 0 Å². The largest absolute Gasteiger partial charge is 0.381 e. The summed E-state index contributed by atoms with van der Waals surface area (Å²) in [5.41, 5.74) is 5.63. The van der Waals surface area contributed by atoms with Crippen molar-refractivity contribution >= 4 is 23.2 Å². The summed E-state index contributed by atoms with van der Waals surface area (Å²) in [5, 5.41) is 4.68. The van der Waals surface area contributed by atoms with E-state index in [2.05, 4.69) is 5.10 Å². The van der Waals surface area contributed by atoms with Gasteiger partial charge in [0.05, 0.1) is 0 Å². The quantitative estimate of drug-likeness (QED) is 0.795. The van der Waals surface area contributed by atoms with Gasteiger partial charge in [-0.25, -0.2) is 4.68 Å². The fraction of sp³-hybridized carbons (Fsp3) is 0.625. The smallest absolute Gasteiger partial charge is 0.166 e. The maximum absolute atomic E-state index is 6.00. The second kappa shape index (κ2) is 3.46. The molecule has 0 atom stereocenters. The molecule has 1 aromatic heterocycles. The molecule has 0 spiro atoms. The summed E-state index contributed by atoms with van der Waals surface area (Å²) in [7, 11) is 3.84. The molecule has 1 aromatic rings. The van der Waals surface area contributed by atoms with Crippen LogP contribution in [0.5, 0.6) is 0 Å². The zero-order chi connectivity index (χ0) is 10.2. The predicted octanol–water partition coefficient (Wildman–Crippen LogP) is 1.77. The van der Waals surface area contributed by atoms with Crippen molar-refractivity contribution in [2.75, 3.05) is 24.7 Å². The normalized spacial score (nSPS) is 10.9. The number of hydrogen-bond donors (Lipinski definition) is 1. The highest BCUT2D eigenvalue weighted by atomic mass is 35.5. The van der Waals surface area contributed by atoms with Crippen LogP contribution in [0.4, 0.5) is 11.6 Å². The van der Waals surface area contributed by atoms with E-state index >= 15 is 0 Å². The first kappa shape index (κ1) is 10.2. The lowest BCUT2D eigenvalue weighted by Gasteiger charge is -2.17. The Kier molecular flexibility index (Phi) is 2.71. The molecule has 4 nitrogen and oxygen atoms in total. The fourth-order valence-corrected chi connectivity index (χ4v) is 1.48. The van der Waals surface area contributed by atoms with Gasteiger partial charge in [-0.3, -0.25) is 0 Å². The Labute approximate surface area is 83.3 Å². The van der Waals surface area contributed by atoms with Crippen LogP contribution in [0.2, 0.25) is 5.02 Å². The first-order valence-electron chi connectivity index (χ1n) is 4.16. The molecular formula is C8H15ClN4. The number of hydrogen-bond acceptors (Lipinski definition) is 3. The van der Waals surface area contributed by atoms with Crippen LogP contribution in [0, 0.1) is 0 Å². The van der Waals surface area contributed by atoms with Crippen LogP contribution < -0.4 is 10.6 Å². The molecule has 0 unspecified atom stereocenters. The molecule has 0 bridgehead atoms. The van der Waals surface area contributed by atoms with Gasteiger partial charge in [0.2, 0.25) is 0 Å². The van der Waals surface area contributed by atoms with Gasteiger partial charge in [-0.1, -0.05) is 11.6 Å². The zero-order valence-corrected chi connectivity index (χ0v) is 9.13. The summed E-state index contributed by atoms with van der Waals surface area (Å²) < 4.78 is 1.82. The van der Waals surface area contributed by atoms with Gasteiger partial charge in [-0.2, -0.15) is 5.10 Å². The SMILES string of the molecule is CC(C)n1nc(N)c(Cl)c1N(C)C. The van der Waals surface area contributed by atoms with Crippen LogP contribution in [0.1, 0.15) is 19.9 Å². The van der Waals surface area contributed by atoms with Crippen molar-refractivity contribution in [1.82, 2.24) is 9.78 Å². The third-order valence-corrected chi connectivity index (χ3v) is 2.13. The van der Waals surface area contributed by atoms with E-state index in [1.807, 2.05) is 37.5 Å². The van der Waals surface area contributed by atoms with E-state index in [4.69, 9.17) is 17.3 Å². The van der Waals surface area contributed by atoms with E-state index in [1.165, 1.54) is 0 Å². The van der Waals surface area contributed by atoms with Gasteiger partial charge in [0.15, 0.2) is 5.82 Å². The molecule has 0 fully saturated rings. The predicted molar refractivity (Wildman–Crippen MR) is 56.4 cm³/mol. The highest BCUT2D eigenvalue weighted by Crippen LogP contribution is 2.31. The van der Waals surface area contributed by atoms with Gasteiger partial charge in [-0.05, 0) is 13.8 Å². The van der Waals surface area contributed by atoms with Crippen molar-refractivity contribution in [3.05, 3.63) is 5.02 Å². The van der Waals surface area contributed by atoms with E-state index in [-0.39, 0.29) is 6.04 Å². The summed E-state index contributed by atoms with van der Waals surface area (Å²) in [6.07, 6.45) is 0. The molecule has 2 N–H and O–H groups in total. The summed E-state index contributed by atoms with van der Waals surface area (Å²) in [6.45, 7) is 4.07. The number of nitrogens with zero attached hydrogens (tertiary/aromatic N) is 3. The maximum atomic E-state index is 6.00. The Morgan fingerprint density at radius 3 is 2.31 bits per heavy atom. The van der Waals surface area contributed by atoms with Crippen molar-refractivity contribution in [1.29, 1.82) is 0 Å². The minimum atomic E-state index is 0.257. The number of nitrogen functional groups attached to an aromatic ring is 1. The van der Waals surface area contributed by atoms with Crippen molar-refractivity contribution in [2.45, 2.75) is 19.9 Å². The van der Waals surface area contributed by atoms with E-state index in [0.717, 1.165) is 5.82 Å². The number of anilines is 2. The third kappa shape index (κ3) is 1.72. The lowest BCUT2D eigenvalue weighted by molar-refractivity contribution is 0.534. The molecule has 0 saturated heterocycles. The number of rotatable bonds is 2. The second-order valence-electron chi connectivity index (χ2n) is 3.46. The Bertz CT molecular complexity index is 303. The Balaban J connectivity index is 3.27. The van der Waals surface area contributed by atoms with Crippen LogP contribution in [-0.4, -0.2) is 23.9 Å². The Morgan fingerprint density at radius 1 is 1.46 bits per heavy atom. The summed E-state index contributed by atoms with van der Waals surface area (Å²) in [5.74, 6) is 1.24. The van der Waals surface area contributed by atoms with Gasteiger partial charge in [0.1, 0.15) is 10.8 Å². The molecule has 0 saturated carbocycles. The molecule has 1 heterocycles. The molecule has 13 heavy (non-hydrogen) atoms. The van der Waals surface area contributed by atoms with E-state index in [1.54, 1.807) is 0 Å². The summed E-state index contributed by atoms with van der Waals surface area (Å²) in [6, 6.07) is 0.257. The lowest BCUT2D eigenvalue weighted by atomic mass is 10.4. The van der Waals surface area contributed by atoms with Crippen LogP contribution in [-0.2, 0) is 0 Å². The number of nitrogens with two attached hydrogens (primary N) is 1. The van der Waals surface area contributed by atoms with Gasteiger partial charge in [0, 0.05) is 20.1 Å². The summed E-state index contributed by atoms with van der Waals surface area (Å²) >= 11 is 6.00. The van der Waals surface area contributed by atoms with Crippen molar-refractivity contribution < 1.29 is 0 Å². The monoisotopic (exact) mass is 202 g/mol. The minimum absolute atomic E-state index is 0.257. The third-order valence-electron chi connectivity index (χ3n) is 1.77. The molecule has 74 valence electrons. The van der Waals surface area contributed by atoms with Crippen molar-refractivity contribution in [3.63, 3.8) is 0 Å². The first-order chi connectivity index (χ1) is 5.95. The van der Waals surface area contributed by atoms with E-state index < -0.39 is 0 Å². The van der Waals surface area contributed by atoms with E-state index in [0.29, 0.717) is 10.8 Å². The van der Waals surface area contributed by atoms with Gasteiger partial charge in [0.25, 0.3) is 0 Å². The molecule has 0 aliphatic heterocycles. The highest BCUT2D eigenvalue weighted by Gasteiger charge is 2.17. The van der Waals surface area contributed by atoms with Crippen molar-refractivity contribution in [2.24, 2.45) is 0 Å². The Morgan fingerprint density at radius 2 is 2.00 bits per heavy atom. The average molecular weight is 203 g/mol. The van der Waals surface area contributed by atoms with Gasteiger partial charge < -0.3 is 10.6 Å². The van der Waals surface area contributed by atoms with E-state index in [9.17, 15) is 0 Å². The molecular weight excluding hydrogens is 188 g/mol. The van der Waals surface area contributed by atoms with Crippen LogP contribution in [0.3, 0.4) is 0 Å². The van der Waals surface area contributed by atoms with Crippen molar-refractivity contribution in [3.8, 4) is 0 Å². The van der Waals surface area contributed by atoms with Gasteiger partial charge >= 0.3 is 0 Å². The minimum Gasteiger partial charge on any atom is -0.381 e. The number of aromatic nitrogens is 2. The zero-order valence-electron chi connectivity index (χ0n) is 8.37. The molecule has 0 aromatic carbocycles. The lowest BCUT2D eigenvalue weighted by Crippen LogP contribution is -2.16. The van der Waals surface area contributed by atoms with Crippen LogP contribution >= 0.6 is 11.6 Å². The first-order valence-corrected chi connectivity index (χ1v) is 4.53. The molecule has 5 heteroatoms. The standard InChI is InChI=1S/C8H15ClN4/c1-5(2)13-8(12(3)4)6(9)7(10)11-13/h5H,1-4H3,(H2,10,11). The molecule has 0 radical (unpaired) electrons. The molecule has 0 aliphatic rings. The number of halogens is 1. The van der Waals surface area contributed by atoms with Crippen LogP contribution in [0.15, 0.2) is 0 Å². The average Bonchev–Trinajstić information content (AvgIpc) is 2.28. The maximum Gasteiger partial charge on any atom is 0.166 e.